The monoisotopic (exact) mass is 273 g/mol. The summed E-state index contributed by atoms with van der Waals surface area (Å²) in [5.41, 5.74) is 0. The summed E-state index contributed by atoms with van der Waals surface area (Å²) in [6.07, 6.45) is 1.46. The van der Waals surface area contributed by atoms with Crippen LogP contribution in [-0.2, 0) is 9.59 Å². The minimum absolute atomic E-state index is 0.0108. The predicted octanol–water partition coefficient (Wildman–Crippen LogP) is 0.265. The molecule has 0 aromatic heterocycles. The number of hydrogen-bond acceptors (Lipinski definition) is 3. The highest BCUT2D eigenvalue weighted by Crippen LogP contribution is 2.09. The van der Waals surface area contributed by atoms with E-state index in [0.29, 0.717) is 19.4 Å². The Morgan fingerprint density at radius 2 is 1.89 bits per heavy atom. The van der Waals surface area contributed by atoms with Crippen LogP contribution in [0.4, 0.5) is 4.79 Å². The van der Waals surface area contributed by atoms with Crippen LogP contribution in [0.5, 0.6) is 0 Å². The minimum Gasteiger partial charge on any atom is -0.481 e. The average Bonchev–Trinajstić information content (AvgIpc) is 2.35. The van der Waals surface area contributed by atoms with E-state index in [1.165, 1.54) is 11.9 Å². The molecule has 3 N–H and O–H groups in total. The van der Waals surface area contributed by atoms with Crippen LogP contribution in [-0.4, -0.2) is 55.1 Å². The molecule has 1 atom stereocenters. The summed E-state index contributed by atoms with van der Waals surface area (Å²) in [5.74, 6) is -0.797. The lowest BCUT2D eigenvalue weighted by Gasteiger charge is -2.17. The number of rotatable bonds is 8. The first-order valence-electron chi connectivity index (χ1n) is 6.28. The second-order valence-electron chi connectivity index (χ2n) is 4.59. The van der Waals surface area contributed by atoms with Crippen molar-refractivity contribution < 1.29 is 19.5 Å². The molecule has 0 aliphatic rings. The average molecular weight is 273 g/mol. The van der Waals surface area contributed by atoms with Gasteiger partial charge in [0, 0.05) is 27.1 Å². The predicted molar refractivity (Wildman–Crippen MR) is 70.7 cm³/mol. The number of carboxylic acid groups (broad SMARTS) is 1. The van der Waals surface area contributed by atoms with Gasteiger partial charge in [0.1, 0.15) is 6.54 Å². The SMILES string of the molecule is CNC(=O)CN(C)C(=O)NCCC(C)CCC(=O)O. The van der Waals surface area contributed by atoms with Crippen LogP contribution in [0, 0.1) is 5.92 Å². The smallest absolute Gasteiger partial charge is 0.317 e. The summed E-state index contributed by atoms with van der Waals surface area (Å²) >= 11 is 0. The van der Waals surface area contributed by atoms with Crippen LogP contribution in [0.3, 0.4) is 0 Å². The quantitative estimate of drug-likeness (QED) is 0.591. The second-order valence-corrected chi connectivity index (χ2v) is 4.59. The van der Waals surface area contributed by atoms with Gasteiger partial charge in [0.25, 0.3) is 0 Å². The van der Waals surface area contributed by atoms with Crippen molar-refractivity contribution in [3.05, 3.63) is 0 Å². The summed E-state index contributed by atoms with van der Waals surface area (Å²) in [6.45, 7) is 2.43. The number of carboxylic acids is 1. The number of amides is 3. The molecule has 0 saturated carbocycles. The van der Waals surface area contributed by atoms with Crippen molar-refractivity contribution in [2.45, 2.75) is 26.2 Å². The zero-order valence-corrected chi connectivity index (χ0v) is 11.7. The van der Waals surface area contributed by atoms with Crippen molar-refractivity contribution in [3.8, 4) is 0 Å². The molecule has 0 aliphatic heterocycles. The molecule has 0 rings (SSSR count). The summed E-state index contributed by atoms with van der Waals surface area (Å²) in [7, 11) is 3.05. The molecule has 0 heterocycles. The second kappa shape index (κ2) is 9.18. The molecule has 1 unspecified atom stereocenters. The highest BCUT2D eigenvalue weighted by atomic mass is 16.4. The normalized spacial score (nSPS) is 11.5. The third kappa shape index (κ3) is 8.87. The first-order chi connectivity index (χ1) is 8.86. The maximum Gasteiger partial charge on any atom is 0.317 e. The van der Waals surface area contributed by atoms with Crippen LogP contribution in [0.2, 0.25) is 0 Å². The molecule has 0 bridgehead atoms. The van der Waals surface area contributed by atoms with E-state index in [1.807, 2.05) is 6.92 Å². The van der Waals surface area contributed by atoms with Crippen molar-refractivity contribution in [1.29, 1.82) is 0 Å². The van der Waals surface area contributed by atoms with Crippen LogP contribution >= 0.6 is 0 Å². The zero-order chi connectivity index (χ0) is 14.8. The van der Waals surface area contributed by atoms with E-state index in [4.69, 9.17) is 5.11 Å². The maximum atomic E-state index is 11.6. The summed E-state index contributed by atoms with van der Waals surface area (Å²) in [4.78, 5) is 34.3. The molecular formula is C12H23N3O4. The molecule has 0 saturated heterocycles. The fourth-order valence-electron chi connectivity index (χ4n) is 1.44. The number of likely N-dealkylation sites (N-methyl/N-ethyl adjacent to an activating group) is 2. The van der Waals surface area contributed by atoms with Crippen molar-refractivity contribution in [2.24, 2.45) is 5.92 Å². The minimum atomic E-state index is -0.804. The standard InChI is InChI=1S/C12H23N3O4/c1-9(4-5-11(17)18)6-7-14-12(19)15(3)8-10(16)13-2/h9H,4-8H2,1-3H3,(H,13,16)(H,14,19)(H,17,18). The Morgan fingerprint density at radius 3 is 2.42 bits per heavy atom. The van der Waals surface area contributed by atoms with E-state index in [9.17, 15) is 14.4 Å². The third-order valence-electron chi connectivity index (χ3n) is 2.77. The van der Waals surface area contributed by atoms with Gasteiger partial charge < -0.3 is 20.6 Å². The van der Waals surface area contributed by atoms with Gasteiger partial charge in [-0.3, -0.25) is 9.59 Å². The fraction of sp³-hybridized carbons (Fsp3) is 0.750. The highest BCUT2D eigenvalue weighted by molar-refractivity contribution is 5.83. The molecule has 7 heteroatoms. The van der Waals surface area contributed by atoms with Gasteiger partial charge in [-0.05, 0) is 18.8 Å². The third-order valence-corrected chi connectivity index (χ3v) is 2.77. The molecule has 0 aromatic rings. The Bertz CT molecular complexity index is 320. The summed E-state index contributed by atoms with van der Waals surface area (Å²) in [5, 5.41) is 13.7. The van der Waals surface area contributed by atoms with Gasteiger partial charge in [0.05, 0.1) is 0 Å². The first-order valence-corrected chi connectivity index (χ1v) is 6.28. The highest BCUT2D eigenvalue weighted by Gasteiger charge is 2.12. The molecule has 3 amide bonds. The number of carbonyl (C=O) groups is 3. The van der Waals surface area contributed by atoms with E-state index >= 15 is 0 Å². The molecule has 110 valence electrons. The largest absolute Gasteiger partial charge is 0.481 e. The molecule has 7 nitrogen and oxygen atoms in total. The van der Waals surface area contributed by atoms with Crippen molar-refractivity contribution >= 4 is 17.9 Å². The van der Waals surface area contributed by atoms with Crippen LogP contribution < -0.4 is 10.6 Å². The van der Waals surface area contributed by atoms with E-state index in [2.05, 4.69) is 10.6 Å². The van der Waals surface area contributed by atoms with Gasteiger partial charge in [-0.2, -0.15) is 0 Å². The fourth-order valence-corrected chi connectivity index (χ4v) is 1.44. The van der Waals surface area contributed by atoms with E-state index < -0.39 is 5.97 Å². The van der Waals surface area contributed by atoms with Crippen molar-refractivity contribution in [2.75, 3.05) is 27.2 Å². The van der Waals surface area contributed by atoms with E-state index in [0.717, 1.165) is 0 Å². The van der Waals surface area contributed by atoms with Gasteiger partial charge in [0.15, 0.2) is 0 Å². The molecule has 19 heavy (non-hydrogen) atoms. The summed E-state index contributed by atoms with van der Waals surface area (Å²) in [6, 6.07) is -0.311. The Labute approximate surface area is 113 Å². The Kier molecular flexibility index (Phi) is 8.32. The number of aliphatic carboxylic acids is 1. The molecular weight excluding hydrogens is 250 g/mol. The van der Waals surface area contributed by atoms with Gasteiger partial charge in [-0.1, -0.05) is 6.92 Å². The summed E-state index contributed by atoms with van der Waals surface area (Å²) < 4.78 is 0. The number of nitrogens with zero attached hydrogens (tertiary/aromatic N) is 1. The first kappa shape index (κ1) is 17.2. The molecule has 0 aliphatic carbocycles. The topological polar surface area (TPSA) is 98.7 Å². The van der Waals surface area contributed by atoms with Crippen LogP contribution in [0.1, 0.15) is 26.2 Å². The Balaban J connectivity index is 3.78. The molecule has 0 spiro atoms. The van der Waals surface area contributed by atoms with Gasteiger partial charge in [-0.15, -0.1) is 0 Å². The van der Waals surface area contributed by atoms with Crippen molar-refractivity contribution in [3.63, 3.8) is 0 Å². The van der Waals surface area contributed by atoms with Crippen molar-refractivity contribution in [1.82, 2.24) is 15.5 Å². The lowest BCUT2D eigenvalue weighted by atomic mass is 10.0. The van der Waals surface area contributed by atoms with E-state index in [1.54, 1.807) is 7.05 Å². The molecule has 0 aromatic carbocycles. The lowest BCUT2D eigenvalue weighted by molar-refractivity contribution is -0.137. The zero-order valence-electron chi connectivity index (χ0n) is 11.7. The van der Waals surface area contributed by atoms with Gasteiger partial charge >= 0.3 is 12.0 Å². The van der Waals surface area contributed by atoms with Crippen LogP contribution in [0.25, 0.3) is 0 Å². The number of carbonyl (C=O) groups excluding carboxylic acids is 2. The maximum absolute atomic E-state index is 11.6. The number of urea groups is 1. The molecule has 0 radical (unpaired) electrons. The lowest BCUT2D eigenvalue weighted by Crippen LogP contribution is -2.43. The molecule has 0 fully saturated rings. The van der Waals surface area contributed by atoms with Crippen LogP contribution in [0.15, 0.2) is 0 Å². The van der Waals surface area contributed by atoms with Gasteiger partial charge in [0.2, 0.25) is 5.91 Å². The van der Waals surface area contributed by atoms with E-state index in [-0.39, 0.29) is 30.8 Å². The number of hydrogen-bond donors (Lipinski definition) is 3. The van der Waals surface area contributed by atoms with Gasteiger partial charge in [-0.25, -0.2) is 4.79 Å². The Hall–Kier alpha value is -1.79. The number of nitrogens with one attached hydrogen (secondary N) is 2. The Morgan fingerprint density at radius 1 is 1.26 bits per heavy atom.